The molecule has 5 nitrogen and oxygen atoms in total. The number of hydrogen-bond donors (Lipinski definition) is 0. The molecule has 0 aromatic heterocycles. The van der Waals surface area contributed by atoms with Crippen molar-refractivity contribution < 1.29 is 19.0 Å². The molecule has 20 heavy (non-hydrogen) atoms. The Hall–Kier alpha value is -1.27. The highest BCUT2D eigenvalue weighted by Crippen LogP contribution is 2.26. The van der Waals surface area contributed by atoms with Crippen LogP contribution in [0.25, 0.3) is 0 Å². The van der Waals surface area contributed by atoms with Crippen molar-refractivity contribution >= 4 is 21.8 Å². The zero-order valence-corrected chi connectivity index (χ0v) is 13.2. The number of methoxy groups -OCH3 is 2. The molecule has 1 heterocycles. The average Bonchev–Trinajstić information content (AvgIpc) is 2.53. The molecule has 6 heteroatoms. The third-order valence-electron chi connectivity index (χ3n) is 3.30. The predicted molar refractivity (Wildman–Crippen MR) is 79.0 cm³/mol. The van der Waals surface area contributed by atoms with Gasteiger partial charge < -0.3 is 19.1 Å². The number of halogens is 1. The number of benzene rings is 1. The van der Waals surface area contributed by atoms with Gasteiger partial charge in [-0.1, -0.05) is 15.9 Å². The molecule has 0 aliphatic carbocycles. The summed E-state index contributed by atoms with van der Waals surface area (Å²) < 4.78 is 15.9. The third-order valence-corrected chi connectivity index (χ3v) is 4.05. The SMILES string of the molecule is COc1ccc(OC)c(C(=O)N2CCOCC2CBr)c1. The number of morpholine rings is 1. The van der Waals surface area contributed by atoms with Crippen molar-refractivity contribution in [2.24, 2.45) is 0 Å². The molecule has 1 aliphatic heterocycles. The lowest BCUT2D eigenvalue weighted by atomic mass is 10.1. The Morgan fingerprint density at radius 1 is 1.45 bits per heavy atom. The van der Waals surface area contributed by atoms with Crippen molar-refractivity contribution in [2.75, 3.05) is 39.3 Å². The van der Waals surface area contributed by atoms with E-state index in [1.807, 2.05) is 4.90 Å². The first-order valence-electron chi connectivity index (χ1n) is 6.38. The van der Waals surface area contributed by atoms with Crippen LogP contribution in [0.1, 0.15) is 10.4 Å². The van der Waals surface area contributed by atoms with E-state index in [2.05, 4.69) is 15.9 Å². The van der Waals surface area contributed by atoms with E-state index >= 15 is 0 Å². The van der Waals surface area contributed by atoms with E-state index in [0.29, 0.717) is 42.2 Å². The average molecular weight is 344 g/mol. The van der Waals surface area contributed by atoms with Crippen molar-refractivity contribution in [3.8, 4) is 11.5 Å². The first kappa shape index (κ1) is 15.1. The molecule has 1 unspecified atom stereocenters. The molecule has 110 valence electrons. The molecule has 0 saturated carbocycles. The summed E-state index contributed by atoms with van der Waals surface area (Å²) in [5, 5.41) is 0.686. The number of amides is 1. The van der Waals surface area contributed by atoms with Gasteiger partial charge in [0.05, 0.1) is 39.0 Å². The van der Waals surface area contributed by atoms with Gasteiger partial charge in [0.15, 0.2) is 0 Å². The fourth-order valence-electron chi connectivity index (χ4n) is 2.19. The number of hydrogen-bond acceptors (Lipinski definition) is 4. The Kier molecular flexibility index (Phi) is 5.25. The van der Waals surface area contributed by atoms with Gasteiger partial charge in [-0.05, 0) is 18.2 Å². The van der Waals surface area contributed by atoms with Crippen molar-refractivity contribution in [1.29, 1.82) is 0 Å². The smallest absolute Gasteiger partial charge is 0.258 e. The molecule has 1 atom stereocenters. The topological polar surface area (TPSA) is 48.0 Å². The van der Waals surface area contributed by atoms with Crippen LogP contribution in [0.15, 0.2) is 18.2 Å². The number of alkyl halides is 1. The Morgan fingerprint density at radius 3 is 2.90 bits per heavy atom. The lowest BCUT2D eigenvalue weighted by Crippen LogP contribution is -2.49. The molecule has 0 spiro atoms. The van der Waals surface area contributed by atoms with Crippen LogP contribution in [-0.4, -0.2) is 56.2 Å². The molecule has 1 amide bonds. The second kappa shape index (κ2) is 6.95. The summed E-state index contributed by atoms with van der Waals surface area (Å²) in [4.78, 5) is 14.5. The first-order valence-corrected chi connectivity index (χ1v) is 7.50. The van der Waals surface area contributed by atoms with Gasteiger partial charge in [0.2, 0.25) is 0 Å². The van der Waals surface area contributed by atoms with Crippen molar-refractivity contribution in [2.45, 2.75) is 6.04 Å². The van der Waals surface area contributed by atoms with Crippen LogP contribution in [0.2, 0.25) is 0 Å². The Labute approximate surface area is 126 Å². The zero-order chi connectivity index (χ0) is 14.5. The fraction of sp³-hybridized carbons (Fsp3) is 0.500. The second-order valence-electron chi connectivity index (χ2n) is 4.45. The van der Waals surface area contributed by atoms with Crippen LogP contribution in [0.5, 0.6) is 11.5 Å². The van der Waals surface area contributed by atoms with E-state index < -0.39 is 0 Å². The van der Waals surface area contributed by atoms with Gasteiger partial charge in [-0.25, -0.2) is 0 Å². The Balaban J connectivity index is 2.31. The summed E-state index contributed by atoms with van der Waals surface area (Å²) in [5.74, 6) is 1.13. The lowest BCUT2D eigenvalue weighted by molar-refractivity contribution is 0.00508. The lowest BCUT2D eigenvalue weighted by Gasteiger charge is -2.34. The monoisotopic (exact) mass is 343 g/mol. The molecule has 1 fully saturated rings. The highest BCUT2D eigenvalue weighted by atomic mass is 79.9. The third kappa shape index (κ3) is 3.07. The summed E-state index contributed by atoms with van der Waals surface area (Å²) in [6.45, 7) is 1.68. The highest BCUT2D eigenvalue weighted by molar-refractivity contribution is 9.09. The normalized spacial score (nSPS) is 18.8. The molecule has 0 radical (unpaired) electrons. The van der Waals surface area contributed by atoms with Gasteiger partial charge in [-0.3, -0.25) is 4.79 Å². The zero-order valence-electron chi connectivity index (χ0n) is 11.6. The Morgan fingerprint density at radius 2 is 2.25 bits per heavy atom. The number of rotatable bonds is 4. The van der Waals surface area contributed by atoms with Gasteiger partial charge in [0.25, 0.3) is 5.91 Å². The molecular weight excluding hydrogens is 326 g/mol. The maximum atomic E-state index is 12.7. The van der Waals surface area contributed by atoms with Gasteiger partial charge in [0, 0.05) is 11.9 Å². The van der Waals surface area contributed by atoms with Crippen LogP contribution in [0.3, 0.4) is 0 Å². The summed E-state index contributed by atoms with van der Waals surface area (Å²) in [5.41, 5.74) is 0.514. The first-order chi connectivity index (χ1) is 9.71. The molecule has 0 N–H and O–H groups in total. The second-order valence-corrected chi connectivity index (χ2v) is 5.10. The van der Waals surface area contributed by atoms with E-state index in [0.717, 1.165) is 0 Å². The van der Waals surface area contributed by atoms with E-state index in [-0.39, 0.29) is 11.9 Å². The summed E-state index contributed by atoms with van der Waals surface area (Å²) >= 11 is 3.43. The maximum Gasteiger partial charge on any atom is 0.258 e. The largest absolute Gasteiger partial charge is 0.497 e. The van der Waals surface area contributed by atoms with E-state index in [1.54, 1.807) is 32.4 Å². The number of carbonyl (C=O) groups is 1. The molecular formula is C14H18BrNO4. The van der Waals surface area contributed by atoms with Crippen LogP contribution in [-0.2, 0) is 4.74 Å². The predicted octanol–water partition coefficient (Wildman–Crippen LogP) is 1.94. The Bertz CT molecular complexity index is 480. The van der Waals surface area contributed by atoms with Gasteiger partial charge in [-0.15, -0.1) is 0 Å². The quantitative estimate of drug-likeness (QED) is 0.784. The fourth-order valence-corrected chi connectivity index (χ4v) is 2.72. The molecule has 1 aromatic rings. The number of nitrogens with zero attached hydrogens (tertiary/aromatic N) is 1. The van der Waals surface area contributed by atoms with Crippen molar-refractivity contribution in [1.82, 2.24) is 4.90 Å². The van der Waals surface area contributed by atoms with Crippen LogP contribution in [0.4, 0.5) is 0 Å². The number of ether oxygens (including phenoxy) is 3. The standard InChI is InChI=1S/C14H18BrNO4/c1-18-11-3-4-13(19-2)12(7-11)14(17)16-5-6-20-9-10(16)8-15/h3-4,7,10H,5-6,8-9H2,1-2H3. The van der Waals surface area contributed by atoms with E-state index in [9.17, 15) is 4.79 Å². The minimum absolute atomic E-state index is 0.0344. The number of carbonyl (C=O) groups excluding carboxylic acids is 1. The van der Waals surface area contributed by atoms with Gasteiger partial charge in [0.1, 0.15) is 11.5 Å². The van der Waals surface area contributed by atoms with Crippen LogP contribution in [0, 0.1) is 0 Å². The summed E-state index contributed by atoms with van der Waals surface area (Å²) in [6.07, 6.45) is 0. The van der Waals surface area contributed by atoms with E-state index in [1.165, 1.54) is 0 Å². The van der Waals surface area contributed by atoms with Crippen molar-refractivity contribution in [3.05, 3.63) is 23.8 Å². The van der Waals surface area contributed by atoms with Crippen molar-refractivity contribution in [3.63, 3.8) is 0 Å². The molecule has 0 bridgehead atoms. The molecule has 1 saturated heterocycles. The molecule has 2 rings (SSSR count). The summed E-state index contributed by atoms with van der Waals surface area (Å²) in [6, 6.07) is 5.27. The van der Waals surface area contributed by atoms with E-state index in [4.69, 9.17) is 14.2 Å². The maximum absolute atomic E-state index is 12.7. The molecule has 1 aliphatic rings. The molecule has 1 aromatic carbocycles. The summed E-state index contributed by atoms with van der Waals surface area (Å²) in [7, 11) is 3.13. The minimum atomic E-state index is -0.0616. The van der Waals surface area contributed by atoms with Gasteiger partial charge >= 0.3 is 0 Å². The minimum Gasteiger partial charge on any atom is -0.497 e. The van der Waals surface area contributed by atoms with Crippen LogP contribution < -0.4 is 9.47 Å². The van der Waals surface area contributed by atoms with Crippen LogP contribution >= 0.6 is 15.9 Å². The highest BCUT2D eigenvalue weighted by Gasteiger charge is 2.29. The van der Waals surface area contributed by atoms with Gasteiger partial charge in [-0.2, -0.15) is 0 Å².